The van der Waals surface area contributed by atoms with E-state index in [4.69, 9.17) is 4.74 Å². The summed E-state index contributed by atoms with van der Waals surface area (Å²) in [5, 5.41) is 5.40. The van der Waals surface area contributed by atoms with Crippen molar-refractivity contribution >= 4 is 17.8 Å². The SMILES string of the molecule is CC(C)C(NC(=O)c1ccccc1F)C(=O)OCC(=O)NC1CCCCCC1. The van der Waals surface area contributed by atoms with Crippen LogP contribution < -0.4 is 10.6 Å². The fourth-order valence-electron chi connectivity index (χ4n) is 3.28. The summed E-state index contributed by atoms with van der Waals surface area (Å²) >= 11 is 0. The molecule has 1 fully saturated rings. The Kier molecular flexibility index (Phi) is 8.42. The molecular formula is C21H29FN2O4. The molecule has 0 aromatic heterocycles. The molecule has 0 spiro atoms. The minimum absolute atomic E-state index is 0.121. The van der Waals surface area contributed by atoms with Crippen LogP contribution in [0.15, 0.2) is 24.3 Å². The summed E-state index contributed by atoms with van der Waals surface area (Å²) in [5.74, 6) is -2.71. The standard InChI is InChI=1S/C21H29FN2O4/c1-14(2)19(24-20(26)16-11-7-8-12-17(16)22)21(27)28-13-18(25)23-15-9-5-3-4-6-10-15/h7-8,11-12,14-15,19H,3-6,9-10,13H2,1-2H3,(H,23,25)(H,24,26). The summed E-state index contributed by atoms with van der Waals surface area (Å²) < 4.78 is 18.9. The van der Waals surface area contributed by atoms with Gasteiger partial charge >= 0.3 is 5.97 Å². The Balaban J connectivity index is 1.87. The van der Waals surface area contributed by atoms with Gasteiger partial charge < -0.3 is 15.4 Å². The molecule has 7 heteroatoms. The highest BCUT2D eigenvalue weighted by Gasteiger charge is 2.28. The lowest BCUT2D eigenvalue weighted by Gasteiger charge is -2.21. The molecule has 6 nitrogen and oxygen atoms in total. The number of carbonyl (C=O) groups excluding carboxylic acids is 3. The molecule has 1 atom stereocenters. The number of esters is 1. The second kappa shape index (κ2) is 10.8. The van der Waals surface area contributed by atoms with Crippen LogP contribution in [0.1, 0.15) is 62.7 Å². The van der Waals surface area contributed by atoms with E-state index in [1.54, 1.807) is 19.9 Å². The van der Waals surface area contributed by atoms with Crippen LogP contribution in [0.2, 0.25) is 0 Å². The van der Waals surface area contributed by atoms with Crippen LogP contribution in [-0.2, 0) is 14.3 Å². The third-order valence-corrected chi connectivity index (χ3v) is 4.89. The Bertz CT molecular complexity index is 685. The van der Waals surface area contributed by atoms with Gasteiger partial charge in [-0.2, -0.15) is 0 Å². The number of rotatable bonds is 7. The largest absolute Gasteiger partial charge is 0.454 e. The highest BCUT2D eigenvalue weighted by atomic mass is 19.1. The van der Waals surface area contributed by atoms with Gasteiger partial charge in [0.1, 0.15) is 11.9 Å². The van der Waals surface area contributed by atoms with Gasteiger partial charge in [-0.15, -0.1) is 0 Å². The maximum Gasteiger partial charge on any atom is 0.329 e. The fourth-order valence-corrected chi connectivity index (χ4v) is 3.28. The molecular weight excluding hydrogens is 363 g/mol. The third-order valence-electron chi connectivity index (χ3n) is 4.89. The zero-order valence-corrected chi connectivity index (χ0v) is 16.5. The number of amides is 2. The van der Waals surface area contributed by atoms with Crippen molar-refractivity contribution in [1.29, 1.82) is 0 Å². The van der Waals surface area contributed by atoms with E-state index in [0.717, 1.165) is 25.7 Å². The van der Waals surface area contributed by atoms with Crippen LogP contribution in [-0.4, -0.2) is 36.5 Å². The molecule has 0 radical (unpaired) electrons. The van der Waals surface area contributed by atoms with E-state index in [9.17, 15) is 18.8 Å². The first-order valence-corrected chi connectivity index (χ1v) is 9.90. The van der Waals surface area contributed by atoms with Crippen molar-refractivity contribution in [2.24, 2.45) is 5.92 Å². The number of hydrogen-bond acceptors (Lipinski definition) is 4. The predicted octanol–water partition coefficient (Wildman–Crippen LogP) is 2.96. The van der Waals surface area contributed by atoms with E-state index in [-0.39, 0.29) is 23.4 Å². The number of halogens is 1. The highest BCUT2D eigenvalue weighted by Crippen LogP contribution is 2.17. The lowest BCUT2D eigenvalue weighted by atomic mass is 10.0. The van der Waals surface area contributed by atoms with Gasteiger partial charge in [0.15, 0.2) is 6.61 Å². The summed E-state index contributed by atoms with van der Waals surface area (Å²) in [6.45, 7) is 3.08. The first kappa shape index (κ1) is 21.9. The molecule has 1 saturated carbocycles. The van der Waals surface area contributed by atoms with Crippen LogP contribution >= 0.6 is 0 Å². The molecule has 1 aromatic rings. The van der Waals surface area contributed by atoms with Crippen LogP contribution in [0.4, 0.5) is 4.39 Å². The van der Waals surface area contributed by atoms with E-state index >= 15 is 0 Å². The van der Waals surface area contributed by atoms with E-state index < -0.39 is 30.3 Å². The number of ether oxygens (including phenoxy) is 1. The van der Waals surface area contributed by atoms with E-state index in [2.05, 4.69) is 10.6 Å². The minimum Gasteiger partial charge on any atom is -0.454 e. The van der Waals surface area contributed by atoms with Gasteiger partial charge in [0, 0.05) is 6.04 Å². The summed E-state index contributed by atoms with van der Waals surface area (Å²) in [5.41, 5.74) is -0.146. The zero-order valence-electron chi connectivity index (χ0n) is 16.5. The Hall–Kier alpha value is -2.44. The van der Waals surface area contributed by atoms with Crippen LogP contribution in [0.3, 0.4) is 0 Å². The maximum absolute atomic E-state index is 13.8. The lowest BCUT2D eigenvalue weighted by molar-refractivity contribution is -0.151. The molecule has 2 rings (SSSR count). The van der Waals surface area contributed by atoms with E-state index in [0.29, 0.717) is 0 Å². The topological polar surface area (TPSA) is 84.5 Å². The normalized spacial score (nSPS) is 16.1. The molecule has 0 aliphatic heterocycles. The Labute approximate surface area is 165 Å². The summed E-state index contributed by atoms with van der Waals surface area (Å²) in [6, 6.07) is 4.68. The van der Waals surface area contributed by atoms with Crippen molar-refractivity contribution in [2.45, 2.75) is 64.5 Å². The summed E-state index contributed by atoms with van der Waals surface area (Å²) in [7, 11) is 0. The Morgan fingerprint density at radius 2 is 1.75 bits per heavy atom. The fraction of sp³-hybridized carbons (Fsp3) is 0.571. The van der Waals surface area contributed by atoms with Crippen molar-refractivity contribution in [3.63, 3.8) is 0 Å². The smallest absolute Gasteiger partial charge is 0.329 e. The maximum atomic E-state index is 13.8. The van der Waals surface area contributed by atoms with Gasteiger partial charge in [0.2, 0.25) is 0 Å². The molecule has 0 saturated heterocycles. The molecule has 0 bridgehead atoms. The Morgan fingerprint density at radius 3 is 2.36 bits per heavy atom. The van der Waals surface area contributed by atoms with Gasteiger partial charge in [0.05, 0.1) is 5.56 Å². The first-order valence-electron chi connectivity index (χ1n) is 9.90. The van der Waals surface area contributed by atoms with Crippen molar-refractivity contribution in [3.8, 4) is 0 Å². The van der Waals surface area contributed by atoms with Gasteiger partial charge in [-0.1, -0.05) is 51.7 Å². The molecule has 0 heterocycles. The first-order chi connectivity index (χ1) is 13.4. The van der Waals surface area contributed by atoms with Crippen molar-refractivity contribution in [2.75, 3.05) is 6.61 Å². The number of nitrogens with one attached hydrogen (secondary N) is 2. The average Bonchev–Trinajstić information content (AvgIpc) is 2.92. The molecule has 154 valence electrons. The monoisotopic (exact) mass is 392 g/mol. The third kappa shape index (κ3) is 6.62. The van der Waals surface area contributed by atoms with Crippen LogP contribution in [0, 0.1) is 11.7 Å². The quantitative estimate of drug-likeness (QED) is 0.552. The molecule has 1 aromatic carbocycles. The van der Waals surface area contributed by atoms with Crippen molar-refractivity contribution in [3.05, 3.63) is 35.6 Å². The Morgan fingerprint density at radius 1 is 1.11 bits per heavy atom. The summed E-state index contributed by atoms with van der Waals surface area (Å²) in [6.07, 6.45) is 6.41. The predicted molar refractivity (Wildman–Crippen MR) is 103 cm³/mol. The highest BCUT2D eigenvalue weighted by molar-refractivity contribution is 5.97. The van der Waals surface area contributed by atoms with Crippen molar-refractivity contribution in [1.82, 2.24) is 10.6 Å². The molecule has 1 aliphatic rings. The molecule has 1 unspecified atom stereocenters. The van der Waals surface area contributed by atoms with Crippen LogP contribution in [0.25, 0.3) is 0 Å². The average molecular weight is 392 g/mol. The molecule has 2 amide bonds. The second-order valence-electron chi connectivity index (χ2n) is 7.54. The van der Waals surface area contributed by atoms with E-state index in [1.807, 2.05) is 0 Å². The molecule has 28 heavy (non-hydrogen) atoms. The number of hydrogen-bond donors (Lipinski definition) is 2. The van der Waals surface area contributed by atoms with Gasteiger partial charge in [0.25, 0.3) is 11.8 Å². The lowest BCUT2D eigenvalue weighted by Crippen LogP contribution is -2.46. The summed E-state index contributed by atoms with van der Waals surface area (Å²) in [4.78, 5) is 36.7. The molecule has 1 aliphatic carbocycles. The van der Waals surface area contributed by atoms with Crippen LogP contribution in [0.5, 0.6) is 0 Å². The second-order valence-corrected chi connectivity index (χ2v) is 7.54. The van der Waals surface area contributed by atoms with Gasteiger partial charge in [-0.3, -0.25) is 9.59 Å². The van der Waals surface area contributed by atoms with Gasteiger partial charge in [-0.25, -0.2) is 9.18 Å². The zero-order chi connectivity index (χ0) is 20.5. The number of carbonyl (C=O) groups is 3. The van der Waals surface area contributed by atoms with E-state index in [1.165, 1.54) is 31.0 Å². The van der Waals surface area contributed by atoms with Crippen molar-refractivity contribution < 1.29 is 23.5 Å². The van der Waals surface area contributed by atoms with Gasteiger partial charge in [-0.05, 0) is 30.9 Å². The number of benzene rings is 1. The minimum atomic E-state index is -0.974. The molecule has 2 N–H and O–H groups in total.